The minimum atomic E-state index is 0.549. The van der Waals surface area contributed by atoms with Crippen molar-refractivity contribution in [3.05, 3.63) is 29.8 Å². The van der Waals surface area contributed by atoms with Crippen LogP contribution in [0.4, 0.5) is 5.69 Å². The molecule has 0 saturated heterocycles. The highest BCUT2D eigenvalue weighted by Crippen LogP contribution is 2.18. The number of anilines is 1. The molecule has 0 aliphatic heterocycles. The largest absolute Gasteiger partial charge is 0.382 e. The van der Waals surface area contributed by atoms with Crippen molar-refractivity contribution in [3.8, 4) is 0 Å². The number of hydrogen-bond acceptors (Lipinski definition) is 2. The maximum absolute atomic E-state index is 3.59. The van der Waals surface area contributed by atoms with Crippen molar-refractivity contribution in [2.45, 2.75) is 39.3 Å². The molecular weight excluding hydrogens is 196 g/mol. The van der Waals surface area contributed by atoms with E-state index in [1.807, 2.05) is 0 Å². The summed E-state index contributed by atoms with van der Waals surface area (Å²) in [7, 11) is 4.21. The predicted molar refractivity (Wildman–Crippen MR) is 71.8 cm³/mol. The highest BCUT2D eigenvalue weighted by atomic mass is 15.1. The standard InChI is InChI=1S/C14H24N2/c1-5-8-12(2)15-14-10-7-6-9-13(14)11-16(3)4/h6-7,9-10,12,15H,5,8,11H2,1-4H3. The van der Waals surface area contributed by atoms with Crippen molar-refractivity contribution >= 4 is 5.69 Å². The maximum Gasteiger partial charge on any atom is 0.0387 e. The Morgan fingerprint density at radius 2 is 1.94 bits per heavy atom. The Bertz CT molecular complexity index is 307. The number of hydrogen-bond donors (Lipinski definition) is 1. The minimum absolute atomic E-state index is 0.549. The third kappa shape index (κ3) is 4.23. The van der Waals surface area contributed by atoms with Crippen molar-refractivity contribution < 1.29 is 0 Å². The van der Waals surface area contributed by atoms with Gasteiger partial charge in [-0.1, -0.05) is 31.5 Å². The van der Waals surface area contributed by atoms with E-state index in [1.54, 1.807) is 0 Å². The van der Waals surface area contributed by atoms with E-state index >= 15 is 0 Å². The quantitative estimate of drug-likeness (QED) is 0.791. The van der Waals surface area contributed by atoms with Crippen LogP contribution in [0.15, 0.2) is 24.3 Å². The maximum atomic E-state index is 3.59. The molecule has 0 bridgehead atoms. The number of para-hydroxylation sites is 1. The second-order valence-corrected chi connectivity index (χ2v) is 4.73. The fourth-order valence-electron chi connectivity index (χ4n) is 1.91. The van der Waals surface area contributed by atoms with Gasteiger partial charge in [0.2, 0.25) is 0 Å². The zero-order valence-corrected chi connectivity index (χ0v) is 11.0. The highest BCUT2D eigenvalue weighted by Gasteiger charge is 2.05. The van der Waals surface area contributed by atoms with E-state index in [0.29, 0.717) is 6.04 Å². The van der Waals surface area contributed by atoms with Gasteiger partial charge in [0, 0.05) is 18.3 Å². The summed E-state index contributed by atoms with van der Waals surface area (Å²) in [6.45, 7) is 5.46. The molecule has 0 heterocycles. The molecule has 1 unspecified atom stereocenters. The Morgan fingerprint density at radius 1 is 1.25 bits per heavy atom. The lowest BCUT2D eigenvalue weighted by Gasteiger charge is -2.19. The van der Waals surface area contributed by atoms with Crippen LogP contribution < -0.4 is 5.32 Å². The molecule has 0 radical (unpaired) electrons. The first-order valence-corrected chi connectivity index (χ1v) is 6.12. The third-order valence-corrected chi connectivity index (χ3v) is 2.63. The van der Waals surface area contributed by atoms with E-state index in [2.05, 4.69) is 62.4 Å². The van der Waals surface area contributed by atoms with Gasteiger partial charge in [0.1, 0.15) is 0 Å². The molecule has 0 fully saturated rings. The lowest BCUT2D eigenvalue weighted by molar-refractivity contribution is 0.403. The van der Waals surface area contributed by atoms with Crippen LogP contribution in [0.2, 0.25) is 0 Å². The Kier molecular flexibility index (Phi) is 5.33. The molecule has 1 rings (SSSR count). The second kappa shape index (κ2) is 6.54. The van der Waals surface area contributed by atoms with E-state index in [0.717, 1.165) is 6.54 Å². The molecule has 1 atom stereocenters. The molecule has 16 heavy (non-hydrogen) atoms. The van der Waals surface area contributed by atoms with Crippen LogP contribution in [0.25, 0.3) is 0 Å². The van der Waals surface area contributed by atoms with Crippen LogP contribution in [0.3, 0.4) is 0 Å². The van der Waals surface area contributed by atoms with Gasteiger partial charge in [-0.3, -0.25) is 0 Å². The van der Waals surface area contributed by atoms with Crippen molar-refractivity contribution in [3.63, 3.8) is 0 Å². The lowest BCUT2D eigenvalue weighted by Crippen LogP contribution is -2.18. The van der Waals surface area contributed by atoms with E-state index in [1.165, 1.54) is 24.1 Å². The van der Waals surface area contributed by atoms with Gasteiger partial charge in [-0.25, -0.2) is 0 Å². The molecule has 0 saturated carbocycles. The molecule has 90 valence electrons. The van der Waals surface area contributed by atoms with Crippen LogP contribution >= 0.6 is 0 Å². The molecule has 1 aromatic carbocycles. The van der Waals surface area contributed by atoms with Gasteiger partial charge in [-0.2, -0.15) is 0 Å². The molecule has 1 aromatic rings. The van der Waals surface area contributed by atoms with Gasteiger partial charge in [-0.15, -0.1) is 0 Å². The van der Waals surface area contributed by atoms with Crippen molar-refractivity contribution in [1.82, 2.24) is 4.90 Å². The third-order valence-electron chi connectivity index (χ3n) is 2.63. The van der Waals surface area contributed by atoms with E-state index in [4.69, 9.17) is 0 Å². The average molecular weight is 220 g/mol. The highest BCUT2D eigenvalue weighted by molar-refractivity contribution is 5.51. The number of nitrogens with one attached hydrogen (secondary N) is 1. The predicted octanol–water partition coefficient (Wildman–Crippen LogP) is 3.35. The van der Waals surface area contributed by atoms with Crippen LogP contribution in [0, 0.1) is 0 Å². The summed E-state index contributed by atoms with van der Waals surface area (Å²) in [4.78, 5) is 2.20. The Balaban J connectivity index is 2.70. The molecule has 1 N–H and O–H groups in total. The van der Waals surface area contributed by atoms with Crippen molar-refractivity contribution in [2.24, 2.45) is 0 Å². The summed E-state index contributed by atoms with van der Waals surface area (Å²) < 4.78 is 0. The minimum Gasteiger partial charge on any atom is -0.382 e. The molecule has 0 aliphatic rings. The summed E-state index contributed by atoms with van der Waals surface area (Å²) >= 11 is 0. The zero-order chi connectivity index (χ0) is 12.0. The van der Waals surface area contributed by atoms with Gasteiger partial charge < -0.3 is 10.2 Å². The summed E-state index contributed by atoms with van der Waals surface area (Å²) in [5, 5.41) is 3.59. The Hall–Kier alpha value is -1.02. The van der Waals surface area contributed by atoms with Gasteiger partial charge >= 0.3 is 0 Å². The van der Waals surface area contributed by atoms with E-state index < -0.39 is 0 Å². The monoisotopic (exact) mass is 220 g/mol. The Labute approximate surface area is 99.7 Å². The molecule has 2 heteroatoms. The van der Waals surface area contributed by atoms with Crippen molar-refractivity contribution in [2.75, 3.05) is 19.4 Å². The molecular formula is C14H24N2. The number of nitrogens with zero attached hydrogens (tertiary/aromatic N) is 1. The van der Waals surface area contributed by atoms with E-state index in [9.17, 15) is 0 Å². The van der Waals surface area contributed by atoms with Gasteiger partial charge in [-0.05, 0) is 39.1 Å². The molecule has 2 nitrogen and oxygen atoms in total. The normalized spacial score (nSPS) is 12.8. The number of benzene rings is 1. The van der Waals surface area contributed by atoms with Gasteiger partial charge in [0.15, 0.2) is 0 Å². The fraction of sp³-hybridized carbons (Fsp3) is 0.571. The van der Waals surface area contributed by atoms with Gasteiger partial charge in [0.25, 0.3) is 0 Å². The smallest absolute Gasteiger partial charge is 0.0387 e. The first-order chi connectivity index (χ1) is 7.63. The van der Waals surface area contributed by atoms with Crippen LogP contribution in [-0.4, -0.2) is 25.0 Å². The molecule has 0 spiro atoms. The second-order valence-electron chi connectivity index (χ2n) is 4.73. The fourth-order valence-corrected chi connectivity index (χ4v) is 1.91. The zero-order valence-electron chi connectivity index (χ0n) is 11.0. The lowest BCUT2D eigenvalue weighted by atomic mass is 10.1. The number of rotatable bonds is 6. The molecule has 0 aromatic heterocycles. The first-order valence-electron chi connectivity index (χ1n) is 6.12. The summed E-state index contributed by atoms with van der Waals surface area (Å²) in [6.07, 6.45) is 2.44. The molecule has 0 aliphatic carbocycles. The van der Waals surface area contributed by atoms with Crippen LogP contribution in [-0.2, 0) is 6.54 Å². The average Bonchev–Trinajstić information content (AvgIpc) is 2.20. The van der Waals surface area contributed by atoms with Crippen molar-refractivity contribution in [1.29, 1.82) is 0 Å². The van der Waals surface area contributed by atoms with Crippen LogP contribution in [0.5, 0.6) is 0 Å². The topological polar surface area (TPSA) is 15.3 Å². The summed E-state index contributed by atoms with van der Waals surface area (Å²) in [5.74, 6) is 0. The summed E-state index contributed by atoms with van der Waals surface area (Å²) in [6, 6.07) is 9.12. The SMILES string of the molecule is CCCC(C)Nc1ccccc1CN(C)C. The first kappa shape index (κ1) is 13.0. The van der Waals surface area contributed by atoms with Gasteiger partial charge in [0.05, 0.1) is 0 Å². The summed E-state index contributed by atoms with van der Waals surface area (Å²) in [5.41, 5.74) is 2.65. The van der Waals surface area contributed by atoms with Crippen LogP contribution in [0.1, 0.15) is 32.3 Å². The molecule has 0 amide bonds. The van der Waals surface area contributed by atoms with E-state index in [-0.39, 0.29) is 0 Å². The Morgan fingerprint density at radius 3 is 2.56 bits per heavy atom.